The van der Waals surface area contributed by atoms with Gasteiger partial charge in [-0.15, -0.1) is 0 Å². The van der Waals surface area contributed by atoms with Gasteiger partial charge < -0.3 is 20.1 Å². The lowest BCUT2D eigenvalue weighted by Crippen LogP contribution is -2.45. The second kappa shape index (κ2) is 8.87. The molecule has 2 amide bonds. The Morgan fingerprint density at radius 2 is 2.04 bits per heavy atom. The van der Waals surface area contributed by atoms with Crippen molar-refractivity contribution >= 4 is 12.0 Å². The maximum atomic E-state index is 12.3. The van der Waals surface area contributed by atoms with Crippen LogP contribution in [0.2, 0.25) is 0 Å². The van der Waals surface area contributed by atoms with Crippen LogP contribution in [0.5, 0.6) is 5.75 Å². The molecule has 1 saturated heterocycles. The van der Waals surface area contributed by atoms with E-state index in [0.29, 0.717) is 44.8 Å². The number of pyridine rings is 1. The van der Waals surface area contributed by atoms with Gasteiger partial charge >= 0.3 is 12.0 Å². The maximum absolute atomic E-state index is 12.3. The van der Waals surface area contributed by atoms with Crippen molar-refractivity contribution < 1.29 is 19.4 Å². The first-order valence-electron chi connectivity index (χ1n) is 9.07. The topological polar surface area (TPSA) is 91.8 Å². The third-order valence-corrected chi connectivity index (χ3v) is 4.54. The van der Waals surface area contributed by atoms with Gasteiger partial charge in [0.25, 0.3) is 0 Å². The molecule has 2 heterocycles. The number of nitrogens with one attached hydrogen (secondary N) is 1. The average molecular weight is 363 g/mol. The second-order valence-corrected chi connectivity index (χ2v) is 7.90. The van der Waals surface area contributed by atoms with Crippen LogP contribution in [0.1, 0.15) is 45.6 Å². The SMILES string of the molecule is CC(C)(C)CCOc1cnccc1CNC(=O)N1CCC(C(=O)O)CC1. The van der Waals surface area contributed by atoms with Crippen molar-refractivity contribution in [3.63, 3.8) is 0 Å². The van der Waals surface area contributed by atoms with E-state index in [9.17, 15) is 9.59 Å². The molecule has 0 radical (unpaired) electrons. The van der Waals surface area contributed by atoms with Crippen molar-refractivity contribution in [1.82, 2.24) is 15.2 Å². The van der Waals surface area contributed by atoms with Crippen molar-refractivity contribution in [1.29, 1.82) is 0 Å². The van der Waals surface area contributed by atoms with Gasteiger partial charge in [0.1, 0.15) is 5.75 Å². The van der Waals surface area contributed by atoms with Crippen LogP contribution in [-0.4, -0.2) is 46.7 Å². The molecule has 0 bridgehead atoms. The minimum Gasteiger partial charge on any atom is -0.492 e. The second-order valence-electron chi connectivity index (χ2n) is 7.90. The molecule has 1 aromatic heterocycles. The summed E-state index contributed by atoms with van der Waals surface area (Å²) >= 11 is 0. The predicted octanol–water partition coefficient (Wildman–Crippen LogP) is 2.90. The lowest BCUT2D eigenvalue weighted by atomic mass is 9.93. The van der Waals surface area contributed by atoms with E-state index in [-0.39, 0.29) is 17.4 Å². The standard InChI is InChI=1S/C19H29N3O4/c1-19(2,3)7-11-26-16-13-20-8-4-15(16)12-21-18(25)22-9-5-14(6-10-22)17(23)24/h4,8,13-14H,5-7,9-12H2,1-3H3,(H,21,25)(H,23,24). The molecule has 0 spiro atoms. The number of urea groups is 1. The van der Waals surface area contributed by atoms with E-state index in [2.05, 4.69) is 31.1 Å². The van der Waals surface area contributed by atoms with Crippen LogP contribution in [0.15, 0.2) is 18.5 Å². The van der Waals surface area contributed by atoms with Crippen LogP contribution < -0.4 is 10.1 Å². The number of rotatable bonds is 6. The molecule has 7 heteroatoms. The number of hydrogen-bond donors (Lipinski definition) is 2. The summed E-state index contributed by atoms with van der Waals surface area (Å²) in [6.07, 6.45) is 5.27. The Morgan fingerprint density at radius 1 is 1.35 bits per heavy atom. The quantitative estimate of drug-likeness (QED) is 0.811. The molecule has 1 aromatic rings. The molecule has 0 aliphatic carbocycles. The monoisotopic (exact) mass is 363 g/mol. The number of carbonyl (C=O) groups is 2. The van der Waals surface area contributed by atoms with Crippen molar-refractivity contribution in [2.45, 2.75) is 46.6 Å². The molecule has 0 saturated carbocycles. The number of hydrogen-bond acceptors (Lipinski definition) is 4. The van der Waals surface area contributed by atoms with Gasteiger partial charge in [0, 0.05) is 31.4 Å². The molecule has 2 N–H and O–H groups in total. The number of aliphatic carboxylic acids is 1. The van der Waals surface area contributed by atoms with Gasteiger partial charge in [0.15, 0.2) is 0 Å². The lowest BCUT2D eigenvalue weighted by molar-refractivity contribution is -0.143. The summed E-state index contributed by atoms with van der Waals surface area (Å²) in [4.78, 5) is 29.1. The highest BCUT2D eigenvalue weighted by Gasteiger charge is 2.26. The molecule has 1 aliphatic heterocycles. The Kier molecular flexibility index (Phi) is 6.83. The lowest BCUT2D eigenvalue weighted by Gasteiger charge is -2.30. The fourth-order valence-corrected chi connectivity index (χ4v) is 2.76. The van der Waals surface area contributed by atoms with Crippen molar-refractivity contribution in [3.8, 4) is 5.75 Å². The first kappa shape index (κ1) is 20.0. The highest BCUT2D eigenvalue weighted by Crippen LogP contribution is 2.22. The Hall–Kier alpha value is -2.31. The summed E-state index contributed by atoms with van der Waals surface area (Å²) < 4.78 is 5.84. The van der Waals surface area contributed by atoms with Crippen LogP contribution in [-0.2, 0) is 11.3 Å². The molecule has 2 rings (SSSR count). The summed E-state index contributed by atoms with van der Waals surface area (Å²) in [6, 6.07) is 1.66. The number of carboxylic acid groups (broad SMARTS) is 1. The Labute approximate surface area is 154 Å². The molecule has 26 heavy (non-hydrogen) atoms. The third-order valence-electron chi connectivity index (χ3n) is 4.54. The van der Waals surface area contributed by atoms with Gasteiger partial charge in [0.05, 0.1) is 18.7 Å². The number of aromatic nitrogens is 1. The Morgan fingerprint density at radius 3 is 2.65 bits per heavy atom. The number of ether oxygens (including phenoxy) is 1. The van der Waals surface area contributed by atoms with E-state index in [0.717, 1.165) is 12.0 Å². The van der Waals surface area contributed by atoms with Crippen molar-refractivity contribution in [3.05, 3.63) is 24.0 Å². The number of carboxylic acids is 1. The molecule has 0 aromatic carbocycles. The van der Waals surface area contributed by atoms with E-state index in [1.165, 1.54) is 0 Å². The van der Waals surface area contributed by atoms with E-state index >= 15 is 0 Å². The van der Waals surface area contributed by atoms with Crippen molar-refractivity contribution in [2.24, 2.45) is 11.3 Å². The van der Waals surface area contributed by atoms with Gasteiger partial charge in [-0.2, -0.15) is 0 Å². The molecule has 1 aliphatic rings. The maximum Gasteiger partial charge on any atom is 0.317 e. The minimum atomic E-state index is -0.779. The molecule has 0 atom stereocenters. The first-order valence-corrected chi connectivity index (χ1v) is 9.07. The third kappa shape index (κ3) is 6.20. The zero-order valence-electron chi connectivity index (χ0n) is 15.8. The van der Waals surface area contributed by atoms with E-state index in [4.69, 9.17) is 9.84 Å². The highest BCUT2D eigenvalue weighted by molar-refractivity contribution is 5.75. The van der Waals surface area contributed by atoms with Crippen LogP contribution >= 0.6 is 0 Å². The van der Waals surface area contributed by atoms with Crippen LogP contribution in [0.4, 0.5) is 4.79 Å². The minimum absolute atomic E-state index is 0.175. The zero-order chi connectivity index (χ0) is 19.2. The number of nitrogens with zero attached hydrogens (tertiary/aromatic N) is 2. The van der Waals surface area contributed by atoms with Crippen LogP contribution in [0.25, 0.3) is 0 Å². The van der Waals surface area contributed by atoms with Gasteiger partial charge in [0.2, 0.25) is 0 Å². The zero-order valence-corrected chi connectivity index (χ0v) is 15.8. The fraction of sp³-hybridized carbons (Fsp3) is 0.632. The molecular weight excluding hydrogens is 334 g/mol. The number of amides is 2. The van der Waals surface area contributed by atoms with Gasteiger partial charge in [-0.1, -0.05) is 20.8 Å². The number of carbonyl (C=O) groups excluding carboxylic acids is 1. The van der Waals surface area contributed by atoms with E-state index in [1.54, 1.807) is 17.3 Å². The van der Waals surface area contributed by atoms with Crippen molar-refractivity contribution in [2.75, 3.05) is 19.7 Å². The summed E-state index contributed by atoms with van der Waals surface area (Å²) in [5.41, 5.74) is 1.07. The highest BCUT2D eigenvalue weighted by atomic mass is 16.5. The average Bonchev–Trinajstić information content (AvgIpc) is 2.59. The number of piperidine rings is 1. The number of likely N-dealkylation sites (tertiary alicyclic amines) is 1. The fourth-order valence-electron chi connectivity index (χ4n) is 2.76. The predicted molar refractivity (Wildman–Crippen MR) is 98.0 cm³/mol. The molecular formula is C19H29N3O4. The smallest absolute Gasteiger partial charge is 0.317 e. The summed E-state index contributed by atoms with van der Waals surface area (Å²) in [6.45, 7) is 8.36. The molecule has 7 nitrogen and oxygen atoms in total. The first-order chi connectivity index (χ1) is 12.3. The molecule has 1 fully saturated rings. The van der Waals surface area contributed by atoms with E-state index < -0.39 is 5.97 Å². The summed E-state index contributed by atoms with van der Waals surface area (Å²) in [5.74, 6) is -0.442. The molecule has 144 valence electrons. The van der Waals surface area contributed by atoms with Crippen LogP contribution in [0.3, 0.4) is 0 Å². The van der Waals surface area contributed by atoms with Crippen LogP contribution in [0, 0.1) is 11.3 Å². The normalized spacial score (nSPS) is 15.6. The largest absolute Gasteiger partial charge is 0.492 e. The summed E-state index contributed by atoms with van der Waals surface area (Å²) in [7, 11) is 0. The van der Waals surface area contributed by atoms with Gasteiger partial charge in [-0.25, -0.2) is 4.79 Å². The summed E-state index contributed by atoms with van der Waals surface area (Å²) in [5, 5.41) is 11.9. The van der Waals surface area contributed by atoms with E-state index in [1.807, 2.05) is 6.07 Å². The Bertz CT molecular complexity index is 619. The van der Waals surface area contributed by atoms with Gasteiger partial charge in [-0.3, -0.25) is 9.78 Å². The molecule has 0 unspecified atom stereocenters. The van der Waals surface area contributed by atoms with Gasteiger partial charge in [-0.05, 0) is 30.7 Å². The Balaban J connectivity index is 1.83.